The number of aromatic nitrogens is 4. The van der Waals surface area contributed by atoms with Gasteiger partial charge in [0, 0.05) is 34.1 Å². The molecule has 8 heteroatoms. The molecule has 0 aliphatic heterocycles. The molecule has 3 aromatic heterocycles. The fraction of sp³-hybridized carbons (Fsp3) is 0.0909. The average molecular weight is 419 g/mol. The minimum absolute atomic E-state index is 0.219. The van der Waals surface area contributed by atoms with Gasteiger partial charge in [0.15, 0.2) is 0 Å². The monoisotopic (exact) mass is 418 g/mol. The van der Waals surface area contributed by atoms with Crippen molar-refractivity contribution < 1.29 is 9.15 Å². The Morgan fingerprint density at radius 2 is 1.97 bits per heavy atom. The number of ether oxygens (including phenoxy) is 1. The van der Waals surface area contributed by atoms with E-state index in [2.05, 4.69) is 15.3 Å². The van der Waals surface area contributed by atoms with Gasteiger partial charge >= 0.3 is 5.63 Å². The van der Waals surface area contributed by atoms with Gasteiger partial charge in [-0.1, -0.05) is 16.8 Å². The fourth-order valence-corrected chi connectivity index (χ4v) is 3.51. The van der Waals surface area contributed by atoms with Crippen molar-refractivity contribution in [2.24, 2.45) is 0 Å². The van der Waals surface area contributed by atoms with Crippen LogP contribution in [0.25, 0.3) is 27.6 Å². The first-order valence-corrected chi connectivity index (χ1v) is 9.58. The Bertz CT molecular complexity index is 1460. The van der Waals surface area contributed by atoms with E-state index in [1.165, 1.54) is 6.07 Å². The maximum Gasteiger partial charge on any atom is 0.336 e. The molecule has 2 aromatic carbocycles. The van der Waals surface area contributed by atoms with Crippen molar-refractivity contribution in [1.82, 2.24) is 20.0 Å². The number of nitrogens with zero attached hydrogens (tertiary/aromatic N) is 4. The Morgan fingerprint density at radius 1 is 1.10 bits per heavy atom. The number of aryl methyl sites for hydroxylation is 1. The maximum atomic E-state index is 11.6. The Kier molecular flexibility index (Phi) is 4.44. The van der Waals surface area contributed by atoms with Crippen molar-refractivity contribution in [1.29, 1.82) is 0 Å². The van der Waals surface area contributed by atoms with E-state index in [0.29, 0.717) is 22.0 Å². The smallest absolute Gasteiger partial charge is 0.336 e. The van der Waals surface area contributed by atoms with Crippen LogP contribution < -0.4 is 10.4 Å². The van der Waals surface area contributed by atoms with Crippen molar-refractivity contribution >= 4 is 33.5 Å². The molecule has 0 amide bonds. The lowest BCUT2D eigenvalue weighted by molar-refractivity contribution is 0.301. The first-order chi connectivity index (χ1) is 14.6. The number of hydrogen-bond donors (Lipinski definition) is 0. The summed E-state index contributed by atoms with van der Waals surface area (Å²) in [6, 6.07) is 14.3. The third-order valence-electron chi connectivity index (χ3n) is 4.78. The van der Waals surface area contributed by atoms with Crippen LogP contribution in [0.1, 0.15) is 11.3 Å². The average Bonchev–Trinajstić information content (AvgIpc) is 3.20. The van der Waals surface area contributed by atoms with E-state index in [-0.39, 0.29) is 12.2 Å². The molecule has 5 rings (SSSR count). The second-order valence-electron chi connectivity index (χ2n) is 6.84. The fourth-order valence-electron chi connectivity index (χ4n) is 3.34. The molecule has 0 saturated heterocycles. The summed E-state index contributed by atoms with van der Waals surface area (Å²) in [5.41, 5.74) is 3.25. The van der Waals surface area contributed by atoms with Crippen LogP contribution in [0.3, 0.4) is 0 Å². The predicted octanol–water partition coefficient (Wildman–Crippen LogP) is 4.46. The summed E-state index contributed by atoms with van der Waals surface area (Å²) >= 11 is 6.06. The second-order valence-corrected chi connectivity index (χ2v) is 7.28. The van der Waals surface area contributed by atoms with Gasteiger partial charge in [0.25, 0.3) is 0 Å². The molecule has 0 unspecified atom stereocenters. The Morgan fingerprint density at radius 3 is 2.87 bits per heavy atom. The molecule has 3 heterocycles. The van der Waals surface area contributed by atoms with Gasteiger partial charge in [-0.05, 0) is 48.9 Å². The maximum absolute atomic E-state index is 11.6. The molecule has 0 aliphatic carbocycles. The quantitative estimate of drug-likeness (QED) is 0.400. The number of fused-ring (bicyclic) bond motifs is 2. The van der Waals surface area contributed by atoms with Gasteiger partial charge in [-0.3, -0.25) is 4.98 Å². The highest BCUT2D eigenvalue weighted by Gasteiger charge is 2.09. The number of benzene rings is 2. The lowest BCUT2D eigenvalue weighted by Gasteiger charge is -2.06. The lowest BCUT2D eigenvalue weighted by Crippen LogP contribution is -1.99. The molecular weight excluding hydrogens is 404 g/mol. The zero-order valence-electron chi connectivity index (χ0n) is 15.9. The standard InChI is InChI=1S/C22H15ClN4O3/c1-13-8-22(28)30-21-10-16(3-5-17(13)21)29-12-15-11-27(26-25-15)20-6-7-24-19-9-14(23)2-4-18(19)20/h2-11H,12H2,1H3. The van der Waals surface area contributed by atoms with Crippen LogP contribution in [-0.4, -0.2) is 20.0 Å². The van der Waals surface area contributed by atoms with E-state index < -0.39 is 0 Å². The van der Waals surface area contributed by atoms with Crippen molar-refractivity contribution in [2.75, 3.05) is 0 Å². The van der Waals surface area contributed by atoms with Gasteiger partial charge in [0.2, 0.25) is 0 Å². The number of hydrogen-bond acceptors (Lipinski definition) is 6. The third-order valence-corrected chi connectivity index (χ3v) is 5.01. The van der Waals surface area contributed by atoms with Crippen LogP contribution in [0, 0.1) is 6.92 Å². The molecule has 5 aromatic rings. The van der Waals surface area contributed by atoms with Crippen LogP contribution in [0.5, 0.6) is 5.75 Å². The molecule has 148 valence electrons. The van der Waals surface area contributed by atoms with Crippen molar-refractivity contribution in [3.63, 3.8) is 0 Å². The van der Waals surface area contributed by atoms with E-state index in [9.17, 15) is 4.79 Å². The van der Waals surface area contributed by atoms with Crippen LogP contribution >= 0.6 is 11.6 Å². The summed E-state index contributed by atoms with van der Waals surface area (Å²) in [7, 11) is 0. The molecule has 0 fully saturated rings. The summed E-state index contributed by atoms with van der Waals surface area (Å²) in [6.07, 6.45) is 3.51. The molecule has 0 aliphatic rings. The van der Waals surface area contributed by atoms with Crippen molar-refractivity contribution in [2.45, 2.75) is 13.5 Å². The van der Waals surface area contributed by atoms with Crippen LogP contribution in [0.2, 0.25) is 5.02 Å². The molecular formula is C22H15ClN4O3. The van der Waals surface area contributed by atoms with Crippen molar-refractivity contribution in [3.05, 3.63) is 87.6 Å². The largest absolute Gasteiger partial charge is 0.487 e. The van der Waals surface area contributed by atoms with E-state index in [0.717, 1.165) is 27.5 Å². The van der Waals surface area contributed by atoms with Gasteiger partial charge < -0.3 is 9.15 Å². The minimum Gasteiger partial charge on any atom is -0.487 e. The Labute approximate surface area is 175 Å². The molecule has 0 saturated carbocycles. The second kappa shape index (κ2) is 7.27. The molecule has 0 bridgehead atoms. The molecule has 0 atom stereocenters. The van der Waals surface area contributed by atoms with Gasteiger partial charge in [-0.25, -0.2) is 9.48 Å². The Balaban J connectivity index is 1.39. The summed E-state index contributed by atoms with van der Waals surface area (Å²) in [5.74, 6) is 0.579. The zero-order valence-corrected chi connectivity index (χ0v) is 16.6. The van der Waals surface area contributed by atoms with E-state index >= 15 is 0 Å². The zero-order chi connectivity index (χ0) is 20.7. The van der Waals surface area contributed by atoms with Gasteiger partial charge in [-0.2, -0.15) is 0 Å². The third kappa shape index (κ3) is 3.40. The van der Waals surface area contributed by atoms with Gasteiger partial charge in [0.1, 0.15) is 23.6 Å². The van der Waals surface area contributed by atoms with Crippen LogP contribution in [0.4, 0.5) is 0 Å². The summed E-state index contributed by atoms with van der Waals surface area (Å²) in [5, 5.41) is 10.8. The SMILES string of the molecule is Cc1cc(=O)oc2cc(OCc3cn(-c4ccnc5cc(Cl)ccc45)nn3)ccc12. The Hall–Kier alpha value is -3.71. The predicted molar refractivity (Wildman–Crippen MR) is 113 cm³/mol. The van der Waals surface area contributed by atoms with E-state index in [4.69, 9.17) is 20.8 Å². The minimum atomic E-state index is -0.383. The van der Waals surface area contributed by atoms with E-state index in [1.807, 2.05) is 37.3 Å². The normalized spacial score (nSPS) is 11.3. The lowest BCUT2D eigenvalue weighted by atomic mass is 10.1. The topological polar surface area (TPSA) is 83.0 Å². The number of halogens is 1. The molecule has 30 heavy (non-hydrogen) atoms. The van der Waals surface area contributed by atoms with Gasteiger partial charge in [-0.15, -0.1) is 5.10 Å². The van der Waals surface area contributed by atoms with Crippen LogP contribution in [-0.2, 0) is 6.61 Å². The molecule has 0 N–H and O–H groups in total. The number of rotatable bonds is 4. The number of pyridine rings is 1. The van der Waals surface area contributed by atoms with Gasteiger partial charge in [0.05, 0.1) is 17.4 Å². The highest BCUT2D eigenvalue weighted by atomic mass is 35.5. The summed E-state index contributed by atoms with van der Waals surface area (Å²) < 4.78 is 12.8. The molecule has 0 spiro atoms. The molecule has 0 radical (unpaired) electrons. The van der Waals surface area contributed by atoms with E-state index in [1.54, 1.807) is 29.2 Å². The highest BCUT2D eigenvalue weighted by molar-refractivity contribution is 6.31. The van der Waals surface area contributed by atoms with Crippen molar-refractivity contribution in [3.8, 4) is 11.4 Å². The summed E-state index contributed by atoms with van der Waals surface area (Å²) in [6.45, 7) is 2.09. The van der Waals surface area contributed by atoms with Crippen LogP contribution in [0.15, 0.2) is 70.1 Å². The summed E-state index contributed by atoms with van der Waals surface area (Å²) in [4.78, 5) is 16.0. The highest BCUT2D eigenvalue weighted by Crippen LogP contribution is 2.24. The first-order valence-electron chi connectivity index (χ1n) is 9.20. The molecule has 7 nitrogen and oxygen atoms in total. The first kappa shape index (κ1) is 18.3.